The number of hydrogen-bond donors (Lipinski definition) is 2. The molecule has 0 radical (unpaired) electrons. The average molecular weight is 315 g/mol. The summed E-state index contributed by atoms with van der Waals surface area (Å²) in [5.41, 5.74) is 6.85. The first-order valence-electron chi connectivity index (χ1n) is 7.64. The van der Waals surface area contributed by atoms with Crippen molar-refractivity contribution in [2.75, 3.05) is 18.4 Å². The zero-order valence-electron chi connectivity index (χ0n) is 13.6. The van der Waals surface area contributed by atoms with Crippen molar-refractivity contribution in [1.29, 1.82) is 0 Å². The predicted octanol–water partition coefficient (Wildman–Crippen LogP) is 2.57. The molecule has 0 aliphatic carbocycles. The van der Waals surface area contributed by atoms with Gasteiger partial charge in [0.05, 0.1) is 0 Å². The highest BCUT2D eigenvalue weighted by atomic mass is 16.2. The van der Waals surface area contributed by atoms with E-state index in [1.54, 1.807) is 41.3 Å². The molecule has 0 spiro atoms. The number of nitrogens with two attached hydrogens (primary N) is 1. The molecule has 1 rings (SSSR count). The van der Waals surface area contributed by atoms with E-state index < -0.39 is 0 Å². The minimum absolute atomic E-state index is 0.00134. The summed E-state index contributed by atoms with van der Waals surface area (Å²) in [4.78, 5) is 25.8. The normalized spacial score (nSPS) is 11.4. The average Bonchev–Trinajstić information content (AvgIpc) is 2.53. The van der Waals surface area contributed by atoms with Gasteiger partial charge in [0.25, 0.3) is 5.91 Å². The fraction of sp³-hybridized carbons (Fsp3) is 0.333. The van der Waals surface area contributed by atoms with Crippen LogP contribution in [0.3, 0.4) is 0 Å². The number of amides is 2. The van der Waals surface area contributed by atoms with E-state index in [1.807, 2.05) is 6.92 Å². The second-order valence-corrected chi connectivity index (χ2v) is 5.43. The second-order valence-electron chi connectivity index (χ2n) is 5.43. The number of anilines is 1. The first-order valence-corrected chi connectivity index (χ1v) is 7.64. The fourth-order valence-electron chi connectivity index (χ4n) is 2.01. The van der Waals surface area contributed by atoms with Crippen LogP contribution in [-0.2, 0) is 4.79 Å². The maximum Gasteiger partial charge on any atom is 0.254 e. The maximum atomic E-state index is 12.4. The van der Waals surface area contributed by atoms with Gasteiger partial charge in [0.1, 0.15) is 0 Å². The molecule has 1 aromatic rings. The molecule has 124 valence electrons. The molecule has 0 aliphatic heterocycles. The quantitative estimate of drug-likeness (QED) is 0.688. The fourth-order valence-corrected chi connectivity index (χ4v) is 2.01. The summed E-state index contributed by atoms with van der Waals surface area (Å²) < 4.78 is 0. The van der Waals surface area contributed by atoms with Gasteiger partial charge in [-0.3, -0.25) is 9.59 Å². The molecule has 3 N–H and O–H groups in total. The standard InChI is InChI=1S/C18H25N3O2/c1-4-12-21(13-5-2)18(23)15-7-9-16(10-8-15)20-17(22)11-6-14(3)19/h4-5,7-10,14H,1-2,6,11-13,19H2,3H3,(H,20,22). The van der Waals surface area contributed by atoms with E-state index in [9.17, 15) is 9.59 Å². The lowest BCUT2D eigenvalue weighted by Crippen LogP contribution is -2.31. The van der Waals surface area contributed by atoms with Gasteiger partial charge >= 0.3 is 0 Å². The molecule has 0 saturated carbocycles. The molecule has 5 nitrogen and oxygen atoms in total. The summed E-state index contributed by atoms with van der Waals surface area (Å²) >= 11 is 0. The number of carbonyl (C=O) groups excluding carboxylic acids is 2. The van der Waals surface area contributed by atoms with Crippen molar-refractivity contribution in [2.45, 2.75) is 25.8 Å². The van der Waals surface area contributed by atoms with Gasteiger partial charge in [-0.1, -0.05) is 12.2 Å². The number of hydrogen-bond acceptors (Lipinski definition) is 3. The smallest absolute Gasteiger partial charge is 0.254 e. The number of carbonyl (C=O) groups is 2. The highest BCUT2D eigenvalue weighted by Crippen LogP contribution is 2.12. The van der Waals surface area contributed by atoms with Crippen molar-refractivity contribution in [3.63, 3.8) is 0 Å². The van der Waals surface area contributed by atoms with Crippen molar-refractivity contribution < 1.29 is 9.59 Å². The lowest BCUT2D eigenvalue weighted by Gasteiger charge is -2.19. The van der Waals surface area contributed by atoms with Crippen molar-refractivity contribution >= 4 is 17.5 Å². The first-order chi connectivity index (χ1) is 11.0. The van der Waals surface area contributed by atoms with Crippen LogP contribution in [0.25, 0.3) is 0 Å². The van der Waals surface area contributed by atoms with E-state index in [4.69, 9.17) is 5.73 Å². The lowest BCUT2D eigenvalue weighted by atomic mass is 10.1. The summed E-state index contributed by atoms with van der Waals surface area (Å²) in [6.45, 7) is 10.1. The second kappa shape index (κ2) is 9.58. The summed E-state index contributed by atoms with van der Waals surface area (Å²) in [5.74, 6) is -0.180. The Hall–Kier alpha value is -2.40. The number of rotatable bonds is 9. The Balaban J connectivity index is 2.68. The van der Waals surface area contributed by atoms with E-state index >= 15 is 0 Å². The van der Waals surface area contributed by atoms with Gasteiger partial charge in [0.2, 0.25) is 5.91 Å². The van der Waals surface area contributed by atoms with E-state index in [-0.39, 0.29) is 17.9 Å². The molecule has 0 fully saturated rings. The molecule has 23 heavy (non-hydrogen) atoms. The van der Waals surface area contributed by atoms with E-state index in [0.717, 1.165) is 0 Å². The monoisotopic (exact) mass is 315 g/mol. The number of nitrogens with zero attached hydrogens (tertiary/aromatic N) is 1. The summed E-state index contributed by atoms with van der Waals surface area (Å²) in [6.07, 6.45) is 4.37. The first kappa shape index (κ1) is 18.6. The zero-order chi connectivity index (χ0) is 17.2. The Morgan fingerprint density at radius 2 is 1.78 bits per heavy atom. The van der Waals surface area contributed by atoms with Crippen LogP contribution in [0.15, 0.2) is 49.6 Å². The van der Waals surface area contributed by atoms with Gasteiger partial charge in [-0.05, 0) is 37.6 Å². The minimum Gasteiger partial charge on any atom is -0.331 e. The van der Waals surface area contributed by atoms with Crippen molar-refractivity contribution in [3.05, 3.63) is 55.1 Å². The van der Waals surface area contributed by atoms with Gasteiger partial charge in [-0.25, -0.2) is 0 Å². The Morgan fingerprint density at radius 1 is 1.22 bits per heavy atom. The number of benzene rings is 1. The summed E-state index contributed by atoms with van der Waals surface area (Å²) in [7, 11) is 0. The third kappa shape index (κ3) is 6.48. The molecule has 1 aromatic carbocycles. The van der Waals surface area contributed by atoms with Crippen LogP contribution in [-0.4, -0.2) is 35.8 Å². The van der Waals surface area contributed by atoms with Crippen LogP contribution in [0, 0.1) is 0 Å². The molecule has 2 amide bonds. The van der Waals surface area contributed by atoms with Gasteiger partial charge in [-0.15, -0.1) is 13.2 Å². The molecular weight excluding hydrogens is 290 g/mol. The molecule has 5 heteroatoms. The Bertz CT molecular complexity index is 540. The van der Waals surface area contributed by atoms with Crippen molar-refractivity contribution in [1.82, 2.24) is 4.90 Å². The van der Waals surface area contributed by atoms with Crippen LogP contribution < -0.4 is 11.1 Å². The third-order valence-electron chi connectivity index (χ3n) is 3.23. The molecular formula is C18H25N3O2. The van der Waals surface area contributed by atoms with Crippen molar-refractivity contribution in [3.8, 4) is 0 Å². The van der Waals surface area contributed by atoms with E-state index in [0.29, 0.717) is 37.2 Å². The highest BCUT2D eigenvalue weighted by molar-refractivity contribution is 5.96. The highest BCUT2D eigenvalue weighted by Gasteiger charge is 2.13. The Morgan fingerprint density at radius 3 is 2.26 bits per heavy atom. The van der Waals surface area contributed by atoms with Crippen LogP contribution in [0.1, 0.15) is 30.1 Å². The molecule has 0 aliphatic rings. The number of nitrogens with one attached hydrogen (secondary N) is 1. The summed E-state index contributed by atoms with van der Waals surface area (Å²) in [6, 6.07) is 6.83. The molecule has 0 heterocycles. The SMILES string of the molecule is C=CCN(CC=C)C(=O)c1ccc(NC(=O)CCC(C)N)cc1. The summed E-state index contributed by atoms with van der Waals surface area (Å²) in [5, 5.41) is 2.79. The van der Waals surface area contributed by atoms with Crippen molar-refractivity contribution in [2.24, 2.45) is 5.73 Å². The van der Waals surface area contributed by atoms with E-state index in [1.165, 1.54) is 0 Å². The maximum absolute atomic E-state index is 12.4. The molecule has 1 atom stereocenters. The Labute approximate surface area is 137 Å². The molecule has 0 aromatic heterocycles. The molecule has 0 saturated heterocycles. The minimum atomic E-state index is -0.0976. The van der Waals surface area contributed by atoms with Crippen LogP contribution in [0.4, 0.5) is 5.69 Å². The Kier molecular flexibility index (Phi) is 7.77. The molecule has 1 unspecified atom stereocenters. The van der Waals surface area contributed by atoms with E-state index in [2.05, 4.69) is 18.5 Å². The van der Waals surface area contributed by atoms with Gasteiger partial charge in [0.15, 0.2) is 0 Å². The van der Waals surface area contributed by atoms with Crippen LogP contribution >= 0.6 is 0 Å². The van der Waals surface area contributed by atoms with Crippen LogP contribution in [0.2, 0.25) is 0 Å². The molecule has 0 bridgehead atoms. The zero-order valence-corrected chi connectivity index (χ0v) is 13.6. The van der Waals surface area contributed by atoms with Crippen LogP contribution in [0.5, 0.6) is 0 Å². The van der Waals surface area contributed by atoms with Gasteiger partial charge in [0, 0.05) is 36.8 Å². The predicted molar refractivity (Wildman–Crippen MR) is 94.3 cm³/mol. The van der Waals surface area contributed by atoms with Gasteiger partial charge in [-0.2, -0.15) is 0 Å². The lowest BCUT2D eigenvalue weighted by molar-refractivity contribution is -0.116. The van der Waals surface area contributed by atoms with Gasteiger partial charge < -0.3 is 16.0 Å². The topological polar surface area (TPSA) is 75.4 Å². The third-order valence-corrected chi connectivity index (χ3v) is 3.23. The largest absolute Gasteiger partial charge is 0.331 e.